The summed E-state index contributed by atoms with van der Waals surface area (Å²) in [6.45, 7) is -0.0836. The van der Waals surface area contributed by atoms with Crippen LogP contribution in [0.25, 0.3) is 5.57 Å². The number of rotatable bonds is 4. The molecule has 0 fully saturated rings. The quantitative estimate of drug-likeness (QED) is 0.457. The van der Waals surface area contributed by atoms with Crippen molar-refractivity contribution in [1.82, 2.24) is 5.32 Å². The van der Waals surface area contributed by atoms with Crippen molar-refractivity contribution in [3.8, 4) is 0 Å². The number of hydrogen-bond donors (Lipinski definition) is 1. The van der Waals surface area contributed by atoms with Crippen LogP contribution >= 0.6 is 23.2 Å². The van der Waals surface area contributed by atoms with E-state index in [4.69, 9.17) is 23.2 Å². The minimum Gasteiger partial charge on any atom is -0.343 e. The van der Waals surface area contributed by atoms with E-state index >= 15 is 0 Å². The lowest BCUT2D eigenvalue weighted by Gasteiger charge is -2.31. The lowest BCUT2D eigenvalue weighted by atomic mass is 9.87. The van der Waals surface area contributed by atoms with Gasteiger partial charge in [0.1, 0.15) is 6.54 Å². The van der Waals surface area contributed by atoms with Crippen LogP contribution in [0.4, 0.5) is 26.3 Å². The van der Waals surface area contributed by atoms with E-state index in [0.29, 0.717) is 0 Å². The minimum atomic E-state index is -4.92. The first kappa shape index (κ1) is 25.6. The predicted octanol–water partition coefficient (Wildman–Crippen LogP) is 6.55. The fourth-order valence-corrected chi connectivity index (χ4v) is 5.64. The molecule has 3 nitrogen and oxygen atoms in total. The van der Waals surface area contributed by atoms with Crippen LogP contribution < -0.4 is 5.32 Å². The lowest BCUT2D eigenvalue weighted by Crippen LogP contribution is -2.43. The molecular weight excluding hydrogens is 515 g/mol. The predicted molar refractivity (Wildman–Crippen MR) is 114 cm³/mol. The molecule has 33 heavy (non-hydrogen) atoms. The molecule has 0 aromatic heterocycles. The lowest BCUT2D eigenvalue weighted by molar-refractivity contribution is -0.161. The smallest absolute Gasteiger partial charge is 0.343 e. The standard InChI is InChI=1S/C21H15Cl2F6NO2S/c1-11-4-12(2-3-17(11)18(31)30-10-20(24,25)26)13-8-19(21(27,28)29,33(32)9-13)14-5-15(22)7-16(23)6-14/h2-7,9H,8,10H2,1H3,(H,30,31). The van der Waals surface area contributed by atoms with Crippen LogP contribution in [0, 0.1) is 6.92 Å². The Morgan fingerprint density at radius 1 is 1.06 bits per heavy atom. The molecular formula is C21H15Cl2F6NO2S. The summed E-state index contributed by atoms with van der Waals surface area (Å²) in [4.78, 5) is 12.0. The zero-order valence-corrected chi connectivity index (χ0v) is 19.0. The normalized spacial score (nSPS) is 21.1. The number of halogens is 8. The van der Waals surface area contributed by atoms with Gasteiger partial charge in [-0.25, -0.2) is 0 Å². The van der Waals surface area contributed by atoms with Gasteiger partial charge in [0, 0.05) is 27.4 Å². The highest BCUT2D eigenvalue weighted by atomic mass is 35.5. The Morgan fingerprint density at radius 3 is 2.18 bits per heavy atom. The van der Waals surface area contributed by atoms with Crippen LogP contribution in [0.15, 0.2) is 41.8 Å². The maximum absolute atomic E-state index is 14.3. The largest absolute Gasteiger partial charge is 0.410 e. The number of nitrogens with one attached hydrogen (secondary N) is 1. The Balaban J connectivity index is 1.96. The molecule has 0 bridgehead atoms. The van der Waals surface area contributed by atoms with Gasteiger partial charge in [-0.3, -0.25) is 9.00 Å². The van der Waals surface area contributed by atoms with Crippen molar-refractivity contribution in [2.45, 2.75) is 30.4 Å². The van der Waals surface area contributed by atoms with E-state index in [0.717, 1.165) is 17.5 Å². The van der Waals surface area contributed by atoms with Crippen molar-refractivity contribution in [2.75, 3.05) is 6.54 Å². The van der Waals surface area contributed by atoms with Crippen LogP contribution in [0.1, 0.15) is 33.5 Å². The minimum absolute atomic E-state index is 0.0448. The van der Waals surface area contributed by atoms with Gasteiger partial charge in [0.05, 0.1) is 10.8 Å². The highest BCUT2D eigenvalue weighted by Gasteiger charge is 2.62. The topological polar surface area (TPSA) is 46.2 Å². The Hall–Kier alpha value is -2.04. The average Bonchev–Trinajstić information content (AvgIpc) is 3.03. The molecule has 178 valence electrons. The van der Waals surface area contributed by atoms with E-state index < -0.39 is 46.8 Å². The monoisotopic (exact) mass is 529 g/mol. The Bertz CT molecular complexity index is 1140. The molecule has 3 rings (SSSR count). The third kappa shape index (κ3) is 5.22. The van der Waals surface area contributed by atoms with Gasteiger partial charge in [0.2, 0.25) is 0 Å². The Kier molecular flexibility index (Phi) is 6.94. The number of aryl methyl sites for hydroxylation is 1. The molecule has 0 spiro atoms. The molecule has 0 saturated heterocycles. The van der Waals surface area contributed by atoms with Gasteiger partial charge >= 0.3 is 12.4 Å². The molecule has 1 aliphatic rings. The number of allylic oxidation sites excluding steroid dienone is 1. The maximum Gasteiger partial charge on any atom is 0.410 e. The van der Waals surface area contributed by atoms with E-state index in [1.54, 1.807) is 5.32 Å². The van der Waals surface area contributed by atoms with Crippen LogP contribution in [-0.4, -0.2) is 29.0 Å². The van der Waals surface area contributed by atoms with Crippen LogP contribution in [0.2, 0.25) is 10.0 Å². The highest BCUT2D eigenvalue weighted by molar-refractivity contribution is 7.89. The number of carbonyl (C=O) groups excluding carboxylic acids is 1. The van der Waals surface area contributed by atoms with Crippen LogP contribution in [-0.2, 0) is 15.5 Å². The van der Waals surface area contributed by atoms with Gasteiger partial charge in [0.25, 0.3) is 5.91 Å². The molecule has 0 aliphatic carbocycles. The fourth-order valence-electron chi connectivity index (χ4n) is 3.56. The number of amides is 1. The van der Waals surface area contributed by atoms with Gasteiger partial charge < -0.3 is 5.32 Å². The van der Waals surface area contributed by atoms with E-state index in [2.05, 4.69) is 0 Å². The molecule has 2 aromatic carbocycles. The van der Waals surface area contributed by atoms with Crippen molar-refractivity contribution >= 4 is 45.5 Å². The second-order valence-electron chi connectivity index (χ2n) is 7.43. The first-order chi connectivity index (χ1) is 15.1. The number of carbonyl (C=O) groups is 1. The van der Waals surface area contributed by atoms with Crippen molar-refractivity contribution in [3.63, 3.8) is 0 Å². The van der Waals surface area contributed by atoms with E-state index in [9.17, 15) is 35.3 Å². The van der Waals surface area contributed by atoms with Gasteiger partial charge in [-0.1, -0.05) is 35.3 Å². The summed E-state index contributed by atoms with van der Waals surface area (Å²) < 4.78 is 89.9. The number of alkyl halides is 6. The van der Waals surface area contributed by atoms with Gasteiger partial charge in [-0.2, -0.15) is 26.3 Å². The first-order valence-electron chi connectivity index (χ1n) is 9.25. The average molecular weight is 530 g/mol. The molecule has 2 aromatic rings. The molecule has 1 heterocycles. The molecule has 2 unspecified atom stereocenters. The summed E-state index contributed by atoms with van der Waals surface area (Å²) in [6, 6.07) is 7.27. The van der Waals surface area contributed by atoms with Crippen LogP contribution in [0.5, 0.6) is 0 Å². The van der Waals surface area contributed by atoms with E-state index in [1.807, 2.05) is 0 Å². The maximum atomic E-state index is 14.3. The second kappa shape index (κ2) is 8.96. The third-order valence-corrected chi connectivity index (χ3v) is 7.34. The summed E-state index contributed by atoms with van der Waals surface area (Å²) >= 11 is 11.8. The summed E-state index contributed by atoms with van der Waals surface area (Å²) in [6.07, 6.45) is -10.2. The zero-order valence-electron chi connectivity index (χ0n) is 16.7. The van der Waals surface area contributed by atoms with Crippen molar-refractivity contribution in [1.29, 1.82) is 0 Å². The Morgan fingerprint density at radius 2 is 1.67 bits per heavy atom. The second-order valence-corrected chi connectivity index (χ2v) is 9.83. The number of benzene rings is 2. The van der Waals surface area contributed by atoms with Crippen molar-refractivity contribution < 1.29 is 35.3 Å². The van der Waals surface area contributed by atoms with Crippen molar-refractivity contribution in [2.24, 2.45) is 0 Å². The fraction of sp³-hybridized carbons (Fsp3) is 0.286. The zero-order chi connectivity index (χ0) is 24.8. The highest BCUT2D eigenvalue weighted by Crippen LogP contribution is 2.54. The van der Waals surface area contributed by atoms with Gasteiger partial charge in [-0.15, -0.1) is 0 Å². The SMILES string of the molecule is Cc1cc(C2=CS(=O)C(c3cc(Cl)cc(Cl)c3)(C(F)(F)F)C2)ccc1C(=O)NCC(F)(F)F. The Labute approximate surface area is 197 Å². The van der Waals surface area contributed by atoms with E-state index in [1.165, 1.54) is 31.2 Å². The summed E-state index contributed by atoms with van der Waals surface area (Å²) in [5, 5.41) is 2.64. The third-order valence-electron chi connectivity index (χ3n) is 5.11. The van der Waals surface area contributed by atoms with Gasteiger partial charge in [0.15, 0.2) is 4.75 Å². The number of hydrogen-bond acceptors (Lipinski definition) is 2. The molecule has 2 atom stereocenters. The molecule has 0 saturated carbocycles. The molecule has 1 aliphatic heterocycles. The molecule has 0 radical (unpaired) electrons. The summed E-state index contributed by atoms with van der Waals surface area (Å²) in [5.74, 6) is -0.974. The summed E-state index contributed by atoms with van der Waals surface area (Å²) in [7, 11) is -2.53. The molecule has 12 heteroatoms. The van der Waals surface area contributed by atoms with E-state index in [-0.39, 0.29) is 37.9 Å². The van der Waals surface area contributed by atoms with Crippen LogP contribution in [0.3, 0.4) is 0 Å². The molecule has 1 amide bonds. The summed E-state index contributed by atoms with van der Waals surface area (Å²) in [5.41, 5.74) is 0.192. The van der Waals surface area contributed by atoms with Crippen molar-refractivity contribution in [3.05, 3.63) is 74.1 Å². The molecule has 1 N–H and O–H groups in total. The van der Waals surface area contributed by atoms with Gasteiger partial charge in [-0.05, 0) is 53.5 Å². The first-order valence-corrected chi connectivity index (χ1v) is 11.2.